The first-order chi connectivity index (χ1) is 15.0. The number of hydrogen-bond acceptors (Lipinski definition) is 6. The summed E-state index contributed by atoms with van der Waals surface area (Å²) in [6.07, 6.45) is -6.92. The van der Waals surface area contributed by atoms with E-state index in [1.165, 1.54) is 0 Å². The second-order valence-electron chi connectivity index (χ2n) is 7.63. The first kappa shape index (κ1) is 21.6. The van der Waals surface area contributed by atoms with Gasteiger partial charge in [-0.1, -0.05) is 91.0 Å². The van der Waals surface area contributed by atoms with Crippen molar-refractivity contribution in [1.82, 2.24) is 0 Å². The average molecular weight is 422 g/mol. The maximum absolute atomic E-state index is 10.7. The Labute approximate surface area is 180 Å². The Morgan fingerprint density at radius 1 is 0.710 bits per heavy atom. The molecule has 31 heavy (non-hydrogen) atoms. The minimum atomic E-state index is -1.56. The van der Waals surface area contributed by atoms with Gasteiger partial charge in [0, 0.05) is 0 Å². The highest BCUT2D eigenvalue weighted by Crippen LogP contribution is 2.40. The zero-order valence-electron chi connectivity index (χ0n) is 16.9. The molecule has 1 heterocycles. The van der Waals surface area contributed by atoms with Crippen molar-refractivity contribution < 1.29 is 29.9 Å². The standard InChI is InChI=1S/C25H26O6/c26-20(23-21(27)22(28)24(29)31-23)16-30-25(17-10-4-1-5-11-17,18-12-6-2-7-13-18)19-14-8-3-9-15-19/h1-15,20-24,26-29H,16H2/t20-,21-,22+,23-,24?/m1/s1. The van der Waals surface area contributed by atoms with E-state index in [0.29, 0.717) is 0 Å². The molecule has 0 saturated carbocycles. The number of rotatable bonds is 7. The summed E-state index contributed by atoms with van der Waals surface area (Å²) in [5, 5.41) is 40.3. The molecule has 4 rings (SSSR count). The Hall–Kier alpha value is -2.58. The van der Waals surface area contributed by atoms with E-state index < -0.39 is 36.3 Å². The van der Waals surface area contributed by atoms with E-state index in [1.807, 2.05) is 91.0 Å². The van der Waals surface area contributed by atoms with E-state index in [9.17, 15) is 20.4 Å². The highest BCUT2D eigenvalue weighted by Gasteiger charge is 2.46. The van der Waals surface area contributed by atoms with Crippen LogP contribution in [0, 0.1) is 0 Å². The Balaban J connectivity index is 1.74. The molecular weight excluding hydrogens is 396 g/mol. The third kappa shape index (κ3) is 4.14. The van der Waals surface area contributed by atoms with Gasteiger partial charge in [-0.2, -0.15) is 0 Å². The van der Waals surface area contributed by atoms with Gasteiger partial charge in [-0.25, -0.2) is 0 Å². The first-order valence-electron chi connectivity index (χ1n) is 10.2. The van der Waals surface area contributed by atoms with Crippen LogP contribution in [0.1, 0.15) is 16.7 Å². The van der Waals surface area contributed by atoms with Gasteiger partial charge < -0.3 is 29.9 Å². The lowest BCUT2D eigenvalue weighted by molar-refractivity contribution is -0.159. The van der Waals surface area contributed by atoms with Gasteiger partial charge in [-0.15, -0.1) is 0 Å². The normalized spacial score (nSPS) is 24.8. The van der Waals surface area contributed by atoms with Crippen molar-refractivity contribution in [2.45, 2.75) is 36.3 Å². The number of ether oxygens (including phenoxy) is 2. The molecule has 3 aromatic rings. The van der Waals surface area contributed by atoms with Crippen molar-refractivity contribution in [3.63, 3.8) is 0 Å². The molecule has 0 radical (unpaired) electrons. The minimum absolute atomic E-state index is 0.208. The van der Waals surface area contributed by atoms with Crippen molar-refractivity contribution in [3.8, 4) is 0 Å². The van der Waals surface area contributed by atoms with Crippen LogP contribution in [0.15, 0.2) is 91.0 Å². The fourth-order valence-electron chi connectivity index (χ4n) is 4.08. The maximum Gasteiger partial charge on any atom is 0.184 e. The van der Waals surface area contributed by atoms with E-state index in [2.05, 4.69) is 0 Å². The molecule has 0 bridgehead atoms. The van der Waals surface area contributed by atoms with Gasteiger partial charge in [0.05, 0.1) is 6.61 Å². The molecule has 1 aliphatic rings. The predicted octanol–water partition coefficient (Wildman–Crippen LogP) is 1.79. The van der Waals surface area contributed by atoms with Crippen LogP contribution >= 0.6 is 0 Å². The molecule has 1 unspecified atom stereocenters. The molecule has 6 nitrogen and oxygen atoms in total. The van der Waals surface area contributed by atoms with E-state index >= 15 is 0 Å². The van der Waals surface area contributed by atoms with Gasteiger partial charge in [-0.05, 0) is 16.7 Å². The quantitative estimate of drug-likeness (QED) is 0.434. The van der Waals surface area contributed by atoms with Crippen LogP contribution in [0.25, 0.3) is 0 Å². The summed E-state index contributed by atoms with van der Waals surface area (Å²) in [7, 11) is 0. The molecule has 0 amide bonds. The third-order valence-corrected chi connectivity index (χ3v) is 5.67. The van der Waals surface area contributed by atoms with Crippen LogP contribution < -0.4 is 0 Å². The van der Waals surface area contributed by atoms with Crippen LogP contribution in [0.4, 0.5) is 0 Å². The van der Waals surface area contributed by atoms with Crippen LogP contribution in [0.5, 0.6) is 0 Å². The predicted molar refractivity (Wildman–Crippen MR) is 114 cm³/mol. The van der Waals surface area contributed by atoms with E-state index in [-0.39, 0.29) is 6.61 Å². The number of benzene rings is 3. The van der Waals surface area contributed by atoms with E-state index in [1.54, 1.807) is 0 Å². The molecule has 6 heteroatoms. The van der Waals surface area contributed by atoms with Crippen LogP contribution in [-0.4, -0.2) is 57.7 Å². The summed E-state index contributed by atoms with van der Waals surface area (Å²) in [5.74, 6) is 0. The molecule has 1 saturated heterocycles. The van der Waals surface area contributed by atoms with Gasteiger partial charge in [0.15, 0.2) is 6.29 Å². The third-order valence-electron chi connectivity index (χ3n) is 5.67. The van der Waals surface area contributed by atoms with Crippen LogP contribution in [0.3, 0.4) is 0 Å². The fraction of sp³-hybridized carbons (Fsp3) is 0.280. The zero-order valence-corrected chi connectivity index (χ0v) is 16.9. The lowest BCUT2D eigenvalue weighted by atomic mass is 9.80. The smallest absolute Gasteiger partial charge is 0.184 e. The monoisotopic (exact) mass is 422 g/mol. The van der Waals surface area contributed by atoms with Gasteiger partial charge in [0.2, 0.25) is 0 Å². The van der Waals surface area contributed by atoms with E-state index in [0.717, 1.165) is 16.7 Å². The van der Waals surface area contributed by atoms with E-state index in [4.69, 9.17) is 9.47 Å². The van der Waals surface area contributed by atoms with Gasteiger partial charge >= 0.3 is 0 Å². The SMILES string of the molecule is OC1O[C@H]([C@H](O)COC(c2ccccc2)(c2ccccc2)c2ccccc2)[C@H](O)[C@@H]1O. The molecule has 0 aromatic heterocycles. The summed E-state index contributed by atoms with van der Waals surface area (Å²) in [4.78, 5) is 0. The second kappa shape index (κ2) is 9.28. The van der Waals surface area contributed by atoms with Gasteiger partial charge in [0.25, 0.3) is 0 Å². The molecule has 5 atom stereocenters. The summed E-state index contributed by atoms with van der Waals surface area (Å²) >= 11 is 0. The average Bonchev–Trinajstić information content (AvgIpc) is 3.09. The second-order valence-corrected chi connectivity index (χ2v) is 7.63. The Morgan fingerprint density at radius 3 is 1.48 bits per heavy atom. The maximum atomic E-state index is 10.7. The molecule has 3 aromatic carbocycles. The largest absolute Gasteiger partial charge is 0.388 e. The molecule has 1 fully saturated rings. The Morgan fingerprint density at radius 2 is 1.13 bits per heavy atom. The molecule has 0 spiro atoms. The van der Waals surface area contributed by atoms with Gasteiger partial charge in [-0.3, -0.25) is 0 Å². The highest BCUT2D eigenvalue weighted by atomic mass is 16.7. The minimum Gasteiger partial charge on any atom is -0.388 e. The summed E-state index contributed by atoms with van der Waals surface area (Å²) in [6.45, 7) is -0.208. The van der Waals surface area contributed by atoms with Crippen molar-refractivity contribution in [3.05, 3.63) is 108 Å². The van der Waals surface area contributed by atoms with Crippen molar-refractivity contribution in [2.24, 2.45) is 0 Å². The topological polar surface area (TPSA) is 99.4 Å². The molecule has 0 aliphatic carbocycles. The van der Waals surface area contributed by atoms with Crippen molar-refractivity contribution in [1.29, 1.82) is 0 Å². The van der Waals surface area contributed by atoms with Crippen molar-refractivity contribution >= 4 is 0 Å². The molecule has 4 N–H and O–H groups in total. The summed E-state index contributed by atoms with van der Waals surface area (Å²) in [5.41, 5.74) is 1.57. The van der Waals surface area contributed by atoms with Crippen molar-refractivity contribution in [2.75, 3.05) is 6.61 Å². The first-order valence-corrected chi connectivity index (χ1v) is 10.2. The lowest BCUT2D eigenvalue weighted by Gasteiger charge is -2.37. The Bertz CT molecular complexity index is 853. The molecule has 1 aliphatic heterocycles. The Kier molecular flexibility index (Phi) is 6.48. The zero-order chi connectivity index (χ0) is 21.8. The van der Waals surface area contributed by atoms with Crippen LogP contribution in [-0.2, 0) is 15.1 Å². The summed E-state index contributed by atoms with van der Waals surface area (Å²) in [6, 6.07) is 29.1. The fourth-order valence-corrected chi connectivity index (χ4v) is 4.08. The molecular formula is C25H26O6. The summed E-state index contributed by atoms with van der Waals surface area (Å²) < 4.78 is 11.6. The number of aliphatic hydroxyl groups is 4. The number of hydrogen-bond donors (Lipinski definition) is 4. The highest BCUT2D eigenvalue weighted by molar-refractivity contribution is 5.47. The lowest BCUT2D eigenvalue weighted by Crippen LogP contribution is -2.43. The molecule has 162 valence electrons. The van der Waals surface area contributed by atoms with Gasteiger partial charge in [0.1, 0.15) is 30.0 Å². The van der Waals surface area contributed by atoms with Crippen LogP contribution in [0.2, 0.25) is 0 Å². The number of aliphatic hydroxyl groups excluding tert-OH is 4.